The van der Waals surface area contributed by atoms with Crippen molar-refractivity contribution in [2.45, 2.75) is 12.0 Å². The van der Waals surface area contributed by atoms with Crippen LogP contribution in [0, 0.1) is 0 Å². The lowest BCUT2D eigenvalue weighted by Gasteiger charge is -2.49. The number of aliphatic carboxylic acids is 1. The Hall–Kier alpha value is -2.14. The maximum atomic E-state index is 12.3. The molecule has 0 saturated carbocycles. The standard InChI is InChI=1S/C15H15NO4/c1-16-8-15(9-16)7-12(17)11-6-10(3-5-14(18)19)2-4-13(11)20-15/h2-6H,7-9H2,1H3,(H,18,19). The third-order valence-electron chi connectivity index (χ3n) is 3.65. The molecule has 1 N–H and O–H groups in total. The number of carbonyl (C=O) groups excluding carboxylic acids is 1. The number of ether oxygens (including phenoxy) is 1. The molecule has 0 unspecified atom stereocenters. The van der Waals surface area contributed by atoms with Crippen molar-refractivity contribution >= 4 is 17.8 Å². The Bertz CT molecular complexity index is 614. The minimum absolute atomic E-state index is 0.0601. The molecular weight excluding hydrogens is 258 g/mol. The summed E-state index contributed by atoms with van der Waals surface area (Å²) >= 11 is 0. The van der Waals surface area contributed by atoms with Crippen LogP contribution in [0.1, 0.15) is 22.3 Å². The van der Waals surface area contributed by atoms with E-state index in [2.05, 4.69) is 4.90 Å². The van der Waals surface area contributed by atoms with E-state index >= 15 is 0 Å². The highest BCUT2D eigenvalue weighted by Gasteiger charge is 2.48. The number of hydrogen-bond donors (Lipinski definition) is 1. The predicted molar refractivity (Wildman–Crippen MR) is 72.9 cm³/mol. The van der Waals surface area contributed by atoms with Crippen LogP contribution < -0.4 is 4.74 Å². The van der Waals surface area contributed by atoms with Crippen LogP contribution in [0.5, 0.6) is 5.75 Å². The van der Waals surface area contributed by atoms with E-state index in [1.807, 2.05) is 7.05 Å². The van der Waals surface area contributed by atoms with Crippen molar-refractivity contribution in [1.82, 2.24) is 4.90 Å². The van der Waals surface area contributed by atoms with Crippen LogP contribution in [-0.2, 0) is 4.79 Å². The van der Waals surface area contributed by atoms with Crippen molar-refractivity contribution in [1.29, 1.82) is 0 Å². The fraction of sp³-hybridized carbons (Fsp3) is 0.333. The molecule has 1 saturated heterocycles. The third-order valence-corrected chi connectivity index (χ3v) is 3.65. The van der Waals surface area contributed by atoms with Crippen LogP contribution in [0.15, 0.2) is 24.3 Å². The lowest BCUT2D eigenvalue weighted by molar-refractivity contribution is -0.131. The molecule has 5 heteroatoms. The number of ketones is 1. The Kier molecular flexibility index (Phi) is 2.87. The van der Waals surface area contributed by atoms with Crippen molar-refractivity contribution in [2.75, 3.05) is 20.1 Å². The highest BCUT2D eigenvalue weighted by Crippen LogP contribution is 2.38. The summed E-state index contributed by atoms with van der Waals surface area (Å²) < 4.78 is 5.97. The number of hydrogen-bond acceptors (Lipinski definition) is 4. The van der Waals surface area contributed by atoms with Crippen LogP contribution in [0.4, 0.5) is 0 Å². The minimum Gasteiger partial charge on any atom is -0.483 e. The number of likely N-dealkylation sites (N-methyl/N-ethyl adjacent to an activating group) is 1. The van der Waals surface area contributed by atoms with Gasteiger partial charge in [-0.1, -0.05) is 6.07 Å². The molecule has 20 heavy (non-hydrogen) atoms. The topological polar surface area (TPSA) is 66.8 Å². The second-order valence-corrected chi connectivity index (χ2v) is 5.48. The number of nitrogens with zero attached hydrogens (tertiary/aromatic N) is 1. The molecule has 0 radical (unpaired) electrons. The van der Waals surface area contributed by atoms with Gasteiger partial charge in [0, 0.05) is 19.2 Å². The van der Waals surface area contributed by atoms with Gasteiger partial charge in [0.2, 0.25) is 0 Å². The maximum absolute atomic E-state index is 12.3. The average Bonchev–Trinajstić information content (AvgIpc) is 2.35. The van der Waals surface area contributed by atoms with Gasteiger partial charge >= 0.3 is 5.97 Å². The van der Waals surface area contributed by atoms with Crippen molar-refractivity contribution < 1.29 is 19.4 Å². The van der Waals surface area contributed by atoms with E-state index in [0.29, 0.717) is 23.3 Å². The zero-order valence-corrected chi connectivity index (χ0v) is 11.1. The van der Waals surface area contributed by atoms with Crippen LogP contribution in [0.2, 0.25) is 0 Å². The Morgan fingerprint density at radius 3 is 2.85 bits per heavy atom. The van der Waals surface area contributed by atoms with Crippen LogP contribution in [0.3, 0.4) is 0 Å². The summed E-state index contributed by atoms with van der Waals surface area (Å²) in [5.41, 5.74) is 0.861. The lowest BCUT2D eigenvalue weighted by atomic mass is 9.84. The monoisotopic (exact) mass is 273 g/mol. The van der Waals surface area contributed by atoms with Gasteiger partial charge in [-0.2, -0.15) is 0 Å². The van der Waals surface area contributed by atoms with E-state index in [4.69, 9.17) is 9.84 Å². The quantitative estimate of drug-likeness (QED) is 0.826. The second kappa shape index (κ2) is 4.45. The molecule has 1 spiro atoms. The molecule has 3 rings (SSSR count). The van der Waals surface area contributed by atoms with Crippen molar-refractivity contribution in [3.05, 3.63) is 35.4 Å². The molecule has 0 bridgehead atoms. The molecule has 104 valence electrons. The molecule has 0 atom stereocenters. The summed E-state index contributed by atoms with van der Waals surface area (Å²) in [6.45, 7) is 1.53. The third kappa shape index (κ3) is 2.20. The average molecular weight is 273 g/mol. The Morgan fingerprint density at radius 1 is 1.45 bits per heavy atom. The van der Waals surface area contributed by atoms with E-state index in [1.54, 1.807) is 18.2 Å². The van der Waals surface area contributed by atoms with Gasteiger partial charge in [-0.15, -0.1) is 0 Å². The highest BCUT2D eigenvalue weighted by atomic mass is 16.5. The normalized spacial score (nSPS) is 20.6. The Labute approximate surface area is 116 Å². The summed E-state index contributed by atoms with van der Waals surface area (Å²) in [6, 6.07) is 5.19. The molecule has 2 aliphatic rings. The summed E-state index contributed by atoms with van der Waals surface area (Å²) in [4.78, 5) is 24.9. The number of carbonyl (C=O) groups is 2. The largest absolute Gasteiger partial charge is 0.483 e. The summed E-state index contributed by atoms with van der Waals surface area (Å²) in [5.74, 6) is -0.353. The number of likely N-dealkylation sites (tertiary alicyclic amines) is 1. The molecular formula is C15H15NO4. The zero-order chi connectivity index (χ0) is 14.3. The lowest BCUT2D eigenvalue weighted by Crippen LogP contribution is -2.65. The molecule has 5 nitrogen and oxygen atoms in total. The van der Waals surface area contributed by atoms with Gasteiger partial charge in [-0.3, -0.25) is 9.69 Å². The van der Waals surface area contributed by atoms with Gasteiger partial charge in [-0.05, 0) is 30.8 Å². The molecule has 1 fully saturated rings. The number of Topliss-reactive ketones (excluding diaryl/α,β-unsaturated/α-hetero) is 1. The zero-order valence-electron chi connectivity index (χ0n) is 11.1. The number of benzene rings is 1. The van der Waals surface area contributed by atoms with Gasteiger partial charge in [-0.25, -0.2) is 4.79 Å². The van der Waals surface area contributed by atoms with Crippen LogP contribution >= 0.6 is 0 Å². The first-order valence-corrected chi connectivity index (χ1v) is 6.43. The van der Waals surface area contributed by atoms with E-state index in [1.165, 1.54) is 6.08 Å². The van der Waals surface area contributed by atoms with E-state index < -0.39 is 5.97 Å². The van der Waals surface area contributed by atoms with Crippen molar-refractivity contribution in [2.24, 2.45) is 0 Å². The van der Waals surface area contributed by atoms with E-state index in [0.717, 1.165) is 19.2 Å². The summed E-state index contributed by atoms with van der Waals surface area (Å²) in [7, 11) is 1.99. The molecule has 2 aliphatic heterocycles. The fourth-order valence-corrected chi connectivity index (χ4v) is 2.90. The van der Waals surface area contributed by atoms with E-state index in [9.17, 15) is 9.59 Å². The maximum Gasteiger partial charge on any atom is 0.328 e. The number of fused-ring (bicyclic) bond motifs is 1. The molecule has 2 heterocycles. The summed E-state index contributed by atoms with van der Waals surface area (Å²) in [5, 5.41) is 8.62. The van der Waals surface area contributed by atoms with Gasteiger partial charge in [0.15, 0.2) is 5.78 Å². The number of carboxylic acid groups (broad SMARTS) is 1. The molecule has 0 aromatic heterocycles. The first kappa shape index (κ1) is 12.9. The fourth-order valence-electron chi connectivity index (χ4n) is 2.90. The summed E-state index contributed by atoms with van der Waals surface area (Å²) in [6.07, 6.45) is 2.91. The Morgan fingerprint density at radius 2 is 2.20 bits per heavy atom. The molecule has 0 aliphatic carbocycles. The smallest absolute Gasteiger partial charge is 0.328 e. The van der Waals surface area contributed by atoms with Crippen molar-refractivity contribution in [3.8, 4) is 5.75 Å². The predicted octanol–water partition coefficient (Wildman–Crippen LogP) is 1.43. The van der Waals surface area contributed by atoms with Gasteiger partial charge in [0.05, 0.1) is 12.0 Å². The highest BCUT2D eigenvalue weighted by molar-refractivity contribution is 6.01. The van der Waals surface area contributed by atoms with Crippen LogP contribution in [0.25, 0.3) is 6.08 Å². The van der Waals surface area contributed by atoms with Crippen LogP contribution in [-0.4, -0.2) is 47.5 Å². The SMILES string of the molecule is CN1CC2(CC(=O)c3cc(C=CC(=O)O)ccc3O2)C1. The Balaban J connectivity index is 1.88. The van der Waals surface area contributed by atoms with Gasteiger partial charge in [0.1, 0.15) is 11.4 Å². The first-order chi connectivity index (χ1) is 9.47. The van der Waals surface area contributed by atoms with Gasteiger partial charge in [0.25, 0.3) is 0 Å². The number of rotatable bonds is 2. The molecule has 1 aromatic carbocycles. The minimum atomic E-state index is -1.01. The number of carboxylic acids is 1. The molecule has 0 amide bonds. The first-order valence-electron chi connectivity index (χ1n) is 6.43. The van der Waals surface area contributed by atoms with Gasteiger partial charge < -0.3 is 9.84 Å². The molecule has 1 aromatic rings. The van der Waals surface area contributed by atoms with Crippen molar-refractivity contribution in [3.63, 3.8) is 0 Å². The van der Waals surface area contributed by atoms with E-state index in [-0.39, 0.29) is 11.4 Å². The second-order valence-electron chi connectivity index (χ2n) is 5.48.